The number of Topliss-reactive ketones (excluding diaryl/α,β-unsaturated/α-hetero) is 1. The van der Waals surface area contributed by atoms with Crippen LogP contribution in [0, 0.1) is 0 Å². The summed E-state index contributed by atoms with van der Waals surface area (Å²) in [4.78, 5) is 23.1. The van der Waals surface area contributed by atoms with Crippen LogP contribution in [0.15, 0.2) is 22.7 Å². The second kappa shape index (κ2) is 5.82. The Morgan fingerprint density at radius 1 is 1.29 bits per heavy atom. The van der Waals surface area contributed by atoms with Gasteiger partial charge in [-0.1, -0.05) is 22.0 Å². The van der Waals surface area contributed by atoms with Crippen molar-refractivity contribution in [3.05, 3.63) is 28.2 Å². The monoisotopic (exact) mass is 300 g/mol. The fraction of sp³-hybridized carbons (Fsp3) is 0.333. The predicted octanol–water partition coefficient (Wildman–Crippen LogP) is 2.30. The van der Waals surface area contributed by atoms with Crippen molar-refractivity contribution in [2.45, 2.75) is 12.8 Å². The van der Waals surface area contributed by atoms with Gasteiger partial charge in [-0.05, 0) is 24.6 Å². The van der Waals surface area contributed by atoms with Crippen LogP contribution in [0.5, 0.6) is 5.75 Å². The third-order valence-electron chi connectivity index (χ3n) is 2.36. The zero-order valence-electron chi connectivity index (χ0n) is 9.82. The van der Waals surface area contributed by atoms with Gasteiger partial charge in [-0.2, -0.15) is 0 Å². The van der Waals surface area contributed by atoms with Crippen molar-refractivity contribution in [1.82, 2.24) is 0 Å². The van der Waals surface area contributed by atoms with Gasteiger partial charge in [0.05, 0.1) is 14.2 Å². The number of ether oxygens (including phenoxy) is 2. The van der Waals surface area contributed by atoms with E-state index in [2.05, 4.69) is 20.7 Å². The van der Waals surface area contributed by atoms with Gasteiger partial charge in [0.25, 0.3) is 0 Å². The summed E-state index contributed by atoms with van der Waals surface area (Å²) in [6.07, 6.45) is 0. The third-order valence-corrected chi connectivity index (χ3v) is 3.05. The molecule has 0 N–H and O–H groups in total. The first-order chi connectivity index (χ1) is 8.01. The zero-order valence-corrected chi connectivity index (χ0v) is 11.4. The van der Waals surface area contributed by atoms with E-state index < -0.39 is 11.9 Å². The van der Waals surface area contributed by atoms with E-state index in [9.17, 15) is 9.59 Å². The Bertz CT molecular complexity index is 442. The molecule has 0 spiro atoms. The van der Waals surface area contributed by atoms with Crippen molar-refractivity contribution >= 4 is 27.7 Å². The predicted molar refractivity (Wildman–Crippen MR) is 66.1 cm³/mol. The van der Waals surface area contributed by atoms with Gasteiger partial charge in [-0.15, -0.1) is 0 Å². The van der Waals surface area contributed by atoms with E-state index in [-0.39, 0.29) is 5.78 Å². The van der Waals surface area contributed by atoms with E-state index in [1.807, 2.05) is 0 Å². The molecule has 0 fully saturated rings. The minimum atomic E-state index is -0.903. The maximum atomic E-state index is 11.6. The summed E-state index contributed by atoms with van der Waals surface area (Å²) in [5.41, 5.74) is 0.574. The molecule has 92 valence electrons. The number of hydrogen-bond acceptors (Lipinski definition) is 4. The second-order valence-corrected chi connectivity index (χ2v) is 4.31. The molecule has 0 heterocycles. The van der Waals surface area contributed by atoms with Crippen molar-refractivity contribution < 1.29 is 19.1 Å². The van der Waals surface area contributed by atoms with E-state index in [0.717, 1.165) is 0 Å². The van der Waals surface area contributed by atoms with E-state index in [0.29, 0.717) is 15.8 Å². The average molecular weight is 301 g/mol. The van der Waals surface area contributed by atoms with E-state index in [4.69, 9.17) is 4.74 Å². The number of carbonyl (C=O) groups is 2. The smallest absolute Gasteiger partial charge is 0.320 e. The van der Waals surface area contributed by atoms with Gasteiger partial charge < -0.3 is 9.47 Å². The van der Waals surface area contributed by atoms with E-state index >= 15 is 0 Å². The van der Waals surface area contributed by atoms with Crippen LogP contribution in [-0.4, -0.2) is 26.0 Å². The summed E-state index contributed by atoms with van der Waals surface area (Å²) in [6, 6.07) is 5.07. The first-order valence-corrected chi connectivity index (χ1v) is 5.72. The van der Waals surface area contributed by atoms with Crippen LogP contribution in [0.2, 0.25) is 0 Å². The molecule has 0 aliphatic rings. The van der Waals surface area contributed by atoms with Crippen molar-refractivity contribution in [1.29, 1.82) is 0 Å². The molecule has 5 heteroatoms. The second-order valence-electron chi connectivity index (χ2n) is 3.45. The highest BCUT2D eigenvalue weighted by Crippen LogP contribution is 2.30. The number of carbonyl (C=O) groups excluding carboxylic acids is 2. The summed E-state index contributed by atoms with van der Waals surface area (Å²) >= 11 is 3.31. The molecule has 1 rings (SSSR count). The van der Waals surface area contributed by atoms with Gasteiger partial charge in [0.2, 0.25) is 0 Å². The molecular weight excluding hydrogens is 288 g/mol. The number of hydrogen-bond donors (Lipinski definition) is 0. The Labute approximate surface area is 108 Å². The third kappa shape index (κ3) is 3.06. The highest BCUT2D eigenvalue weighted by Gasteiger charge is 2.28. The number of ketones is 1. The molecular formula is C12H13BrO4. The van der Waals surface area contributed by atoms with Crippen LogP contribution in [0.3, 0.4) is 0 Å². The summed E-state index contributed by atoms with van der Waals surface area (Å²) < 4.78 is 10.3. The van der Waals surface area contributed by atoms with Gasteiger partial charge in [-0.25, -0.2) is 0 Å². The highest BCUT2D eigenvalue weighted by atomic mass is 79.9. The molecule has 17 heavy (non-hydrogen) atoms. The largest absolute Gasteiger partial charge is 0.497 e. The molecule has 0 saturated heterocycles. The molecule has 1 atom stereocenters. The Kier molecular flexibility index (Phi) is 4.69. The van der Waals surface area contributed by atoms with Crippen molar-refractivity contribution in [3.8, 4) is 5.75 Å². The van der Waals surface area contributed by atoms with Crippen molar-refractivity contribution in [2.24, 2.45) is 0 Å². The lowest BCUT2D eigenvalue weighted by Crippen LogP contribution is -2.21. The van der Waals surface area contributed by atoms with Gasteiger partial charge in [0.1, 0.15) is 17.5 Å². The highest BCUT2D eigenvalue weighted by molar-refractivity contribution is 9.10. The van der Waals surface area contributed by atoms with Crippen LogP contribution >= 0.6 is 15.9 Å². The topological polar surface area (TPSA) is 52.6 Å². The first kappa shape index (κ1) is 13.7. The fourth-order valence-electron chi connectivity index (χ4n) is 1.50. The normalized spacial score (nSPS) is 11.8. The van der Waals surface area contributed by atoms with Gasteiger partial charge in [0.15, 0.2) is 0 Å². The molecule has 0 unspecified atom stereocenters. The maximum absolute atomic E-state index is 11.6. The SMILES string of the molecule is COC(=O)[C@@H](C(C)=O)c1ccc(OC)cc1Br. The Balaban J connectivity index is 3.20. The number of esters is 1. The Morgan fingerprint density at radius 2 is 1.94 bits per heavy atom. The number of methoxy groups -OCH3 is 2. The summed E-state index contributed by atoms with van der Waals surface area (Å²) in [6.45, 7) is 1.36. The maximum Gasteiger partial charge on any atom is 0.320 e. The number of rotatable bonds is 4. The molecule has 0 amide bonds. The molecule has 0 radical (unpaired) electrons. The lowest BCUT2D eigenvalue weighted by atomic mass is 9.95. The van der Waals surface area contributed by atoms with E-state index in [1.165, 1.54) is 14.0 Å². The van der Waals surface area contributed by atoms with Crippen LogP contribution in [-0.2, 0) is 14.3 Å². The van der Waals surface area contributed by atoms with Crippen LogP contribution in [0.25, 0.3) is 0 Å². The molecule has 4 nitrogen and oxygen atoms in total. The number of halogens is 1. The van der Waals surface area contributed by atoms with Crippen LogP contribution in [0.4, 0.5) is 0 Å². The van der Waals surface area contributed by atoms with E-state index in [1.54, 1.807) is 25.3 Å². The molecule has 1 aromatic rings. The minimum Gasteiger partial charge on any atom is -0.497 e. The molecule has 1 aromatic carbocycles. The summed E-state index contributed by atoms with van der Waals surface area (Å²) in [5, 5.41) is 0. The summed E-state index contributed by atoms with van der Waals surface area (Å²) in [5.74, 6) is -1.08. The Hall–Kier alpha value is -1.36. The van der Waals surface area contributed by atoms with Gasteiger partial charge in [-0.3, -0.25) is 9.59 Å². The first-order valence-electron chi connectivity index (χ1n) is 4.93. The quantitative estimate of drug-likeness (QED) is 0.632. The molecule has 0 aliphatic carbocycles. The van der Waals surface area contributed by atoms with Gasteiger partial charge >= 0.3 is 5.97 Å². The van der Waals surface area contributed by atoms with Crippen LogP contribution in [0.1, 0.15) is 18.4 Å². The van der Waals surface area contributed by atoms with Gasteiger partial charge in [0, 0.05) is 4.47 Å². The molecule has 0 saturated carbocycles. The summed E-state index contributed by atoms with van der Waals surface area (Å²) in [7, 11) is 2.81. The molecule has 0 aromatic heterocycles. The van der Waals surface area contributed by atoms with Crippen molar-refractivity contribution in [2.75, 3.05) is 14.2 Å². The number of benzene rings is 1. The zero-order chi connectivity index (χ0) is 13.0. The van der Waals surface area contributed by atoms with Crippen molar-refractivity contribution in [3.63, 3.8) is 0 Å². The molecule has 0 aliphatic heterocycles. The standard InChI is InChI=1S/C12H13BrO4/c1-7(14)11(12(15)17-3)9-5-4-8(16-2)6-10(9)13/h4-6,11H,1-3H3/t11-/m0/s1. The van der Waals surface area contributed by atoms with Crippen LogP contribution < -0.4 is 4.74 Å². The molecule has 0 bridgehead atoms. The Morgan fingerprint density at radius 3 is 2.35 bits per heavy atom. The minimum absolute atomic E-state index is 0.261. The lowest BCUT2D eigenvalue weighted by molar-refractivity contribution is -0.145. The lowest BCUT2D eigenvalue weighted by Gasteiger charge is -2.14. The average Bonchev–Trinajstić information content (AvgIpc) is 2.30. The fourth-order valence-corrected chi connectivity index (χ4v) is 2.09.